The molecule has 0 fully saturated rings. The van der Waals surface area contributed by atoms with E-state index in [-0.39, 0.29) is 11.5 Å². The van der Waals surface area contributed by atoms with Crippen LogP contribution >= 0.6 is 11.3 Å². The van der Waals surface area contributed by atoms with Crippen molar-refractivity contribution in [2.45, 2.75) is 13.1 Å². The highest BCUT2D eigenvalue weighted by Gasteiger charge is 2.30. The molecule has 2 aromatic heterocycles. The Morgan fingerprint density at radius 3 is 2.77 bits per heavy atom. The van der Waals surface area contributed by atoms with Gasteiger partial charge in [-0.05, 0) is 25.1 Å². The zero-order valence-electron chi connectivity index (χ0n) is 11.2. The number of fused-ring (bicyclic) bond motifs is 1. The van der Waals surface area contributed by atoms with Gasteiger partial charge in [-0.3, -0.25) is 10.1 Å². The summed E-state index contributed by atoms with van der Waals surface area (Å²) in [5.74, 6) is -0.317. The predicted octanol–water partition coefficient (Wildman–Crippen LogP) is 3.60. The first-order valence-electron chi connectivity index (χ1n) is 6.13. The van der Waals surface area contributed by atoms with Crippen LogP contribution in [0.2, 0.25) is 0 Å². The predicted molar refractivity (Wildman–Crippen MR) is 75.9 cm³/mol. The number of nitrogens with one attached hydrogen (secondary N) is 2. The van der Waals surface area contributed by atoms with Gasteiger partial charge < -0.3 is 4.98 Å². The molecule has 9 heteroatoms. The number of carbonyl (C=O) groups is 1. The number of aromatic nitrogens is 3. The maximum Gasteiger partial charge on any atom is 0.416 e. The zero-order chi connectivity index (χ0) is 15.9. The van der Waals surface area contributed by atoms with Gasteiger partial charge in [0.1, 0.15) is 4.88 Å². The molecule has 2 N–H and O–H groups in total. The lowest BCUT2D eigenvalue weighted by Gasteiger charge is -2.05. The minimum Gasteiger partial charge on any atom is -0.324 e. The summed E-state index contributed by atoms with van der Waals surface area (Å²) in [5, 5.41) is 2.52. The number of aromatic amines is 1. The Labute approximate surface area is 126 Å². The topological polar surface area (TPSA) is 70.7 Å². The maximum absolute atomic E-state index is 12.7. The van der Waals surface area contributed by atoms with E-state index in [1.807, 2.05) is 0 Å². The number of H-pyrrole nitrogens is 1. The normalized spacial score (nSPS) is 11.8. The Bertz CT molecular complexity index is 852. The molecule has 0 radical (unpaired) electrons. The number of thiazole rings is 1. The van der Waals surface area contributed by atoms with Gasteiger partial charge in [-0.1, -0.05) is 0 Å². The van der Waals surface area contributed by atoms with Gasteiger partial charge in [0.25, 0.3) is 5.91 Å². The molecule has 2 heterocycles. The molecular formula is C13H9F3N4OS. The SMILES string of the molecule is Cc1ncsc1C(=O)Nc1nc2ccc(C(F)(F)F)cc2[nH]1. The molecule has 3 aromatic rings. The van der Waals surface area contributed by atoms with Crippen LogP contribution in [0.1, 0.15) is 20.9 Å². The van der Waals surface area contributed by atoms with Gasteiger partial charge in [0.2, 0.25) is 5.95 Å². The summed E-state index contributed by atoms with van der Waals surface area (Å²) in [5.41, 5.74) is 1.88. The largest absolute Gasteiger partial charge is 0.416 e. The summed E-state index contributed by atoms with van der Waals surface area (Å²) in [6.07, 6.45) is -4.43. The summed E-state index contributed by atoms with van der Waals surface area (Å²) >= 11 is 1.18. The van der Waals surface area contributed by atoms with E-state index in [0.29, 0.717) is 16.1 Å². The quantitative estimate of drug-likeness (QED) is 0.756. The number of aryl methyl sites for hydroxylation is 1. The average Bonchev–Trinajstić information content (AvgIpc) is 3.01. The molecule has 114 valence electrons. The fraction of sp³-hybridized carbons (Fsp3) is 0.154. The maximum atomic E-state index is 12.7. The van der Waals surface area contributed by atoms with Gasteiger partial charge in [0.15, 0.2) is 0 Å². The summed E-state index contributed by atoms with van der Waals surface area (Å²) in [6, 6.07) is 3.15. The summed E-state index contributed by atoms with van der Waals surface area (Å²) in [4.78, 5) is 23.1. The van der Waals surface area contributed by atoms with E-state index in [9.17, 15) is 18.0 Å². The molecule has 22 heavy (non-hydrogen) atoms. The third-order valence-corrected chi connectivity index (χ3v) is 3.92. The van der Waals surface area contributed by atoms with Crippen LogP contribution in [0.3, 0.4) is 0 Å². The van der Waals surface area contributed by atoms with Crippen molar-refractivity contribution < 1.29 is 18.0 Å². The highest BCUT2D eigenvalue weighted by molar-refractivity contribution is 7.12. The van der Waals surface area contributed by atoms with Crippen molar-refractivity contribution in [1.29, 1.82) is 0 Å². The zero-order valence-corrected chi connectivity index (χ0v) is 12.0. The number of hydrogen-bond donors (Lipinski definition) is 2. The first-order chi connectivity index (χ1) is 10.3. The number of nitrogens with zero attached hydrogens (tertiary/aromatic N) is 2. The lowest BCUT2D eigenvalue weighted by atomic mass is 10.2. The van der Waals surface area contributed by atoms with Gasteiger partial charge in [-0.2, -0.15) is 13.2 Å². The third kappa shape index (κ3) is 2.67. The van der Waals surface area contributed by atoms with Crippen molar-refractivity contribution in [2.24, 2.45) is 0 Å². The van der Waals surface area contributed by atoms with Crippen molar-refractivity contribution in [2.75, 3.05) is 5.32 Å². The van der Waals surface area contributed by atoms with E-state index in [1.54, 1.807) is 12.4 Å². The Hall–Kier alpha value is -2.42. The van der Waals surface area contributed by atoms with Crippen LogP contribution in [-0.2, 0) is 6.18 Å². The fourth-order valence-electron chi connectivity index (χ4n) is 1.93. The van der Waals surface area contributed by atoms with Crippen molar-refractivity contribution >= 4 is 34.2 Å². The van der Waals surface area contributed by atoms with E-state index in [2.05, 4.69) is 20.3 Å². The highest BCUT2D eigenvalue weighted by Crippen LogP contribution is 2.31. The Balaban J connectivity index is 1.89. The van der Waals surface area contributed by atoms with Gasteiger partial charge in [-0.15, -0.1) is 11.3 Å². The Morgan fingerprint density at radius 2 is 2.14 bits per heavy atom. The van der Waals surface area contributed by atoms with Crippen LogP contribution < -0.4 is 5.32 Å². The highest BCUT2D eigenvalue weighted by atomic mass is 32.1. The van der Waals surface area contributed by atoms with Gasteiger partial charge >= 0.3 is 6.18 Å². The molecule has 0 aliphatic rings. The van der Waals surface area contributed by atoms with Crippen LogP contribution in [0.4, 0.5) is 19.1 Å². The number of halogens is 3. The molecule has 1 amide bonds. The number of rotatable bonds is 2. The van der Waals surface area contributed by atoms with Crippen molar-refractivity contribution in [3.63, 3.8) is 0 Å². The van der Waals surface area contributed by atoms with Crippen molar-refractivity contribution in [3.05, 3.63) is 39.8 Å². The number of benzene rings is 1. The van der Waals surface area contributed by atoms with E-state index in [1.165, 1.54) is 17.4 Å². The first kappa shape index (κ1) is 14.5. The molecule has 0 saturated heterocycles. The van der Waals surface area contributed by atoms with Crippen LogP contribution in [0.25, 0.3) is 11.0 Å². The lowest BCUT2D eigenvalue weighted by molar-refractivity contribution is -0.137. The summed E-state index contributed by atoms with van der Waals surface area (Å²) in [7, 11) is 0. The standard InChI is InChI=1S/C13H9F3N4OS/c1-6-10(22-5-17-6)11(21)20-12-18-8-3-2-7(13(14,15)16)4-9(8)19-12/h2-5H,1H3,(H2,18,19,20,21). The molecular weight excluding hydrogens is 317 g/mol. The molecule has 0 saturated carbocycles. The molecule has 0 aliphatic carbocycles. The number of imidazole rings is 1. The number of amides is 1. The van der Waals surface area contributed by atoms with E-state index in [4.69, 9.17) is 0 Å². The fourth-order valence-corrected chi connectivity index (χ4v) is 2.63. The third-order valence-electron chi connectivity index (χ3n) is 2.99. The molecule has 1 aromatic carbocycles. The van der Waals surface area contributed by atoms with Crippen LogP contribution in [-0.4, -0.2) is 20.9 Å². The minimum absolute atomic E-state index is 0.0899. The van der Waals surface area contributed by atoms with Gasteiger partial charge in [0, 0.05) is 0 Å². The second-order valence-corrected chi connectivity index (χ2v) is 5.39. The number of anilines is 1. The second kappa shape index (κ2) is 5.09. The minimum atomic E-state index is -4.43. The van der Waals surface area contributed by atoms with Crippen molar-refractivity contribution in [3.8, 4) is 0 Å². The van der Waals surface area contributed by atoms with E-state index in [0.717, 1.165) is 12.1 Å². The molecule has 0 aliphatic heterocycles. The first-order valence-corrected chi connectivity index (χ1v) is 7.01. The Morgan fingerprint density at radius 1 is 1.36 bits per heavy atom. The average molecular weight is 326 g/mol. The molecule has 3 rings (SSSR count). The molecule has 0 bridgehead atoms. The Kier molecular flexibility index (Phi) is 3.36. The summed E-state index contributed by atoms with van der Waals surface area (Å²) in [6.45, 7) is 1.69. The summed E-state index contributed by atoms with van der Waals surface area (Å²) < 4.78 is 38.0. The number of carbonyl (C=O) groups excluding carboxylic acids is 1. The van der Waals surface area contributed by atoms with Crippen LogP contribution in [0.15, 0.2) is 23.7 Å². The van der Waals surface area contributed by atoms with Gasteiger partial charge in [0.05, 0.1) is 27.8 Å². The van der Waals surface area contributed by atoms with Crippen LogP contribution in [0.5, 0.6) is 0 Å². The monoisotopic (exact) mass is 326 g/mol. The van der Waals surface area contributed by atoms with Crippen LogP contribution in [0, 0.1) is 6.92 Å². The number of hydrogen-bond acceptors (Lipinski definition) is 4. The smallest absolute Gasteiger partial charge is 0.324 e. The van der Waals surface area contributed by atoms with Gasteiger partial charge in [-0.25, -0.2) is 9.97 Å². The second-order valence-electron chi connectivity index (χ2n) is 4.54. The van der Waals surface area contributed by atoms with E-state index >= 15 is 0 Å². The molecule has 5 nitrogen and oxygen atoms in total. The molecule has 0 atom stereocenters. The van der Waals surface area contributed by atoms with E-state index < -0.39 is 17.6 Å². The molecule has 0 spiro atoms. The lowest BCUT2D eigenvalue weighted by Crippen LogP contribution is -2.12. The molecule has 0 unspecified atom stereocenters. The number of alkyl halides is 3. The van der Waals surface area contributed by atoms with Crippen molar-refractivity contribution in [1.82, 2.24) is 15.0 Å².